The largest absolute Gasteiger partial charge is 0.353 e. The Morgan fingerprint density at radius 2 is 1.84 bits per heavy atom. The van der Waals surface area contributed by atoms with E-state index in [1.165, 1.54) is 55.4 Å². The number of carbonyl (C=O) groups excluding carboxylic acids is 1. The molecule has 2 N–H and O–H groups in total. The van der Waals surface area contributed by atoms with Crippen LogP contribution >= 0.6 is 11.3 Å². The number of hydrogen-bond donors (Lipinski definition) is 2. The van der Waals surface area contributed by atoms with Gasteiger partial charge in [0.25, 0.3) is 5.56 Å². The van der Waals surface area contributed by atoms with Crippen LogP contribution in [0.25, 0.3) is 10.2 Å². The van der Waals surface area contributed by atoms with E-state index in [1.807, 2.05) is 0 Å². The SMILES string of the molecule is C[C@H](NC(=O)CCc1nc2sc3c(c2c(=O)[nH]1)CCCC3)C12CC3CC(CC(C3)C1)C2. The molecule has 31 heavy (non-hydrogen) atoms. The fourth-order valence-electron chi connectivity index (χ4n) is 7.73. The van der Waals surface area contributed by atoms with Crippen LogP contribution in [0.5, 0.6) is 0 Å². The quantitative estimate of drug-likeness (QED) is 0.719. The smallest absolute Gasteiger partial charge is 0.259 e. The molecule has 0 aromatic carbocycles. The van der Waals surface area contributed by atoms with Crippen LogP contribution in [-0.2, 0) is 24.1 Å². The average molecular weight is 440 g/mol. The maximum absolute atomic E-state index is 12.8. The van der Waals surface area contributed by atoms with Crippen molar-refractivity contribution in [3.05, 3.63) is 26.6 Å². The number of aromatic nitrogens is 2. The summed E-state index contributed by atoms with van der Waals surface area (Å²) in [4.78, 5) is 35.4. The van der Waals surface area contributed by atoms with Gasteiger partial charge in [-0.1, -0.05) is 0 Å². The lowest BCUT2D eigenvalue weighted by Crippen LogP contribution is -2.55. The lowest BCUT2D eigenvalue weighted by atomic mass is 9.48. The first-order valence-corrected chi connectivity index (χ1v) is 13.1. The van der Waals surface area contributed by atoms with Crippen LogP contribution in [-0.4, -0.2) is 21.9 Å². The third kappa shape index (κ3) is 3.46. The van der Waals surface area contributed by atoms with Crippen molar-refractivity contribution in [3.63, 3.8) is 0 Å². The summed E-state index contributed by atoms with van der Waals surface area (Å²) < 4.78 is 0. The molecule has 166 valence electrons. The van der Waals surface area contributed by atoms with Gasteiger partial charge in [-0.05, 0) is 99.9 Å². The van der Waals surface area contributed by atoms with Gasteiger partial charge in [0.2, 0.25) is 5.91 Å². The Labute approximate surface area is 187 Å². The van der Waals surface area contributed by atoms with Crippen LogP contribution < -0.4 is 10.9 Å². The Morgan fingerprint density at radius 3 is 2.55 bits per heavy atom. The molecule has 1 amide bonds. The summed E-state index contributed by atoms with van der Waals surface area (Å²) in [6.07, 6.45) is 13.5. The van der Waals surface area contributed by atoms with Crippen molar-refractivity contribution >= 4 is 27.5 Å². The summed E-state index contributed by atoms with van der Waals surface area (Å²) in [6, 6.07) is 0.243. The molecule has 2 heterocycles. The molecule has 0 spiro atoms. The number of aryl methyl sites for hydroxylation is 3. The molecule has 5 nitrogen and oxygen atoms in total. The summed E-state index contributed by atoms with van der Waals surface area (Å²) in [5.41, 5.74) is 1.52. The molecule has 0 aliphatic heterocycles. The Bertz CT molecular complexity index is 1050. The predicted molar refractivity (Wildman–Crippen MR) is 123 cm³/mol. The van der Waals surface area contributed by atoms with E-state index < -0.39 is 0 Å². The van der Waals surface area contributed by atoms with E-state index >= 15 is 0 Å². The first-order chi connectivity index (χ1) is 15.0. The monoisotopic (exact) mass is 439 g/mol. The number of amides is 1. The van der Waals surface area contributed by atoms with E-state index in [1.54, 1.807) is 11.3 Å². The van der Waals surface area contributed by atoms with Crippen LogP contribution in [0.4, 0.5) is 0 Å². The van der Waals surface area contributed by atoms with E-state index in [4.69, 9.17) is 4.98 Å². The number of fused-ring (bicyclic) bond motifs is 3. The number of hydrogen-bond acceptors (Lipinski definition) is 4. The molecule has 2 aromatic rings. The third-order valence-electron chi connectivity index (χ3n) is 8.84. The molecule has 2 aromatic heterocycles. The van der Waals surface area contributed by atoms with Gasteiger partial charge in [0, 0.05) is 23.8 Å². The molecule has 4 fully saturated rings. The highest BCUT2D eigenvalue weighted by atomic mass is 32.1. The minimum absolute atomic E-state index is 0.0262. The summed E-state index contributed by atoms with van der Waals surface area (Å²) in [5, 5.41) is 4.14. The van der Waals surface area contributed by atoms with E-state index in [2.05, 4.69) is 17.2 Å². The molecule has 5 aliphatic rings. The molecular weight excluding hydrogens is 406 g/mol. The van der Waals surface area contributed by atoms with Crippen molar-refractivity contribution in [1.29, 1.82) is 0 Å². The van der Waals surface area contributed by atoms with Crippen molar-refractivity contribution in [3.8, 4) is 0 Å². The zero-order valence-corrected chi connectivity index (χ0v) is 19.3. The van der Waals surface area contributed by atoms with Crippen molar-refractivity contribution < 1.29 is 4.79 Å². The highest BCUT2D eigenvalue weighted by Gasteiger charge is 2.53. The van der Waals surface area contributed by atoms with Crippen LogP contribution in [0.1, 0.15) is 81.0 Å². The predicted octanol–water partition coefficient (Wildman–Crippen LogP) is 4.52. The Morgan fingerprint density at radius 1 is 1.16 bits per heavy atom. The molecule has 4 saturated carbocycles. The number of carbonyl (C=O) groups is 1. The Kier molecular flexibility index (Phi) is 4.78. The maximum atomic E-state index is 12.8. The van der Waals surface area contributed by atoms with E-state index in [-0.39, 0.29) is 17.5 Å². The molecule has 0 unspecified atom stereocenters. The summed E-state index contributed by atoms with van der Waals surface area (Å²) in [7, 11) is 0. The number of rotatable bonds is 5. The zero-order chi connectivity index (χ0) is 21.2. The highest BCUT2D eigenvalue weighted by molar-refractivity contribution is 7.18. The second-order valence-electron chi connectivity index (χ2n) is 11.0. The first-order valence-electron chi connectivity index (χ1n) is 12.3. The van der Waals surface area contributed by atoms with Crippen molar-refractivity contribution in [1.82, 2.24) is 15.3 Å². The molecular formula is C25H33N3O2S. The van der Waals surface area contributed by atoms with E-state index in [9.17, 15) is 9.59 Å². The molecule has 0 saturated heterocycles. The van der Waals surface area contributed by atoms with E-state index in [0.717, 1.165) is 47.2 Å². The molecule has 7 rings (SSSR count). The van der Waals surface area contributed by atoms with Gasteiger partial charge in [0.1, 0.15) is 10.7 Å². The molecule has 0 radical (unpaired) electrons. The van der Waals surface area contributed by atoms with Gasteiger partial charge in [-0.2, -0.15) is 0 Å². The maximum Gasteiger partial charge on any atom is 0.259 e. The first kappa shape index (κ1) is 20.0. The zero-order valence-electron chi connectivity index (χ0n) is 18.5. The molecule has 5 aliphatic carbocycles. The minimum atomic E-state index is -0.0262. The summed E-state index contributed by atoms with van der Waals surface area (Å²) >= 11 is 1.67. The average Bonchev–Trinajstić information content (AvgIpc) is 3.10. The highest BCUT2D eigenvalue weighted by Crippen LogP contribution is 2.61. The van der Waals surface area contributed by atoms with Crippen molar-refractivity contribution in [2.45, 2.75) is 90.0 Å². The van der Waals surface area contributed by atoms with Gasteiger partial charge in [0.15, 0.2) is 0 Å². The molecule has 4 bridgehead atoms. The third-order valence-corrected chi connectivity index (χ3v) is 10.0. The topological polar surface area (TPSA) is 74.8 Å². The summed E-state index contributed by atoms with van der Waals surface area (Å²) in [6.45, 7) is 2.23. The normalized spacial score (nSPS) is 32.2. The van der Waals surface area contributed by atoms with Crippen LogP contribution in [0, 0.1) is 23.2 Å². The van der Waals surface area contributed by atoms with Gasteiger partial charge in [-0.3, -0.25) is 9.59 Å². The van der Waals surface area contributed by atoms with Gasteiger partial charge < -0.3 is 10.3 Å². The molecule has 6 heteroatoms. The van der Waals surface area contributed by atoms with Crippen molar-refractivity contribution in [2.24, 2.45) is 23.2 Å². The van der Waals surface area contributed by atoms with Crippen LogP contribution in [0.3, 0.4) is 0 Å². The number of aromatic amines is 1. The second kappa shape index (κ2) is 7.43. The minimum Gasteiger partial charge on any atom is -0.353 e. The molecule has 1 atom stereocenters. The number of nitrogens with zero attached hydrogens (tertiary/aromatic N) is 1. The van der Waals surface area contributed by atoms with Crippen LogP contribution in [0.2, 0.25) is 0 Å². The Balaban J connectivity index is 1.12. The fraction of sp³-hybridized carbons (Fsp3) is 0.720. The van der Waals surface area contributed by atoms with Gasteiger partial charge in [-0.25, -0.2) is 4.98 Å². The standard InChI is InChI=1S/C25H33N3O2S/c1-14(25-11-15-8-16(12-25)10-17(9-15)13-25)26-21(29)7-6-20-27-23(30)22-18-4-2-3-5-19(18)31-24(22)28-20/h14-17H,2-13H2,1H3,(H,26,29)(H,27,28,30)/t14-,15?,16?,17?,25?/m0/s1. The number of H-pyrrole nitrogens is 1. The second-order valence-corrected chi connectivity index (χ2v) is 12.1. The van der Waals surface area contributed by atoms with Crippen LogP contribution in [0.15, 0.2) is 4.79 Å². The van der Waals surface area contributed by atoms with Gasteiger partial charge in [0.05, 0.1) is 5.39 Å². The van der Waals surface area contributed by atoms with E-state index in [0.29, 0.717) is 24.1 Å². The van der Waals surface area contributed by atoms with Gasteiger partial charge in [-0.15, -0.1) is 11.3 Å². The number of thiophene rings is 1. The Hall–Kier alpha value is -1.69. The fourth-order valence-corrected chi connectivity index (χ4v) is 9.01. The lowest BCUT2D eigenvalue weighted by Gasteiger charge is -2.59. The number of nitrogens with one attached hydrogen (secondary N) is 2. The lowest BCUT2D eigenvalue weighted by molar-refractivity contribution is -0.125. The van der Waals surface area contributed by atoms with Crippen molar-refractivity contribution in [2.75, 3.05) is 0 Å². The summed E-state index contributed by atoms with van der Waals surface area (Å²) in [5.74, 6) is 3.42. The van der Waals surface area contributed by atoms with Gasteiger partial charge >= 0.3 is 0 Å².